The fraction of sp³-hybridized carbons (Fsp3) is 0.462. The molecule has 0 bridgehead atoms. The summed E-state index contributed by atoms with van der Waals surface area (Å²) >= 11 is 1.89. The van der Waals surface area contributed by atoms with Gasteiger partial charge in [-0.25, -0.2) is 4.39 Å². The average molecular weight is 364 g/mol. The molecule has 1 amide bonds. The molecule has 0 aliphatic heterocycles. The molecule has 18 heavy (non-hydrogen) atoms. The Morgan fingerprint density at radius 2 is 2.28 bits per heavy atom. The molecule has 0 aliphatic carbocycles. The quantitative estimate of drug-likeness (QED) is 0.763. The minimum absolute atomic E-state index is 0.0419. The van der Waals surface area contributed by atoms with Crippen molar-refractivity contribution in [3.8, 4) is 0 Å². The molecule has 0 radical (unpaired) electrons. The van der Waals surface area contributed by atoms with Gasteiger partial charge in [0.15, 0.2) is 0 Å². The Bertz CT molecular complexity index is 412. The normalized spacial score (nSPS) is 12.2. The second-order valence-corrected chi connectivity index (χ2v) is 5.34. The zero-order valence-corrected chi connectivity index (χ0v) is 12.5. The van der Waals surface area contributed by atoms with E-state index in [2.05, 4.69) is 12.2 Å². The third kappa shape index (κ3) is 4.53. The maximum atomic E-state index is 13.3. The van der Waals surface area contributed by atoms with E-state index >= 15 is 0 Å². The van der Waals surface area contributed by atoms with Crippen molar-refractivity contribution >= 4 is 28.5 Å². The molecule has 1 aromatic carbocycles. The SMILES string of the molecule is CCCCC(CN)NC(=O)c1ccc(I)c(F)c1. The van der Waals surface area contributed by atoms with Crippen LogP contribution in [0.4, 0.5) is 4.39 Å². The summed E-state index contributed by atoms with van der Waals surface area (Å²) in [4.78, 5) is 11.9. The van der Waals surface area contributed by atoms with Gasteiger partial charge in [-0.05, 0) is 47.2 Å². The van der Waals surface area contributed by atoms with Crippen molar-refractivity contribution in [3.63, 3.8) is 0 Å². The number of hydrogen-bond acceptors (Lipinski definition) is 2. The van der Waals surface area contributed by atoms with Crippen LogP contribution in [-0.2, 0) is 0 Å². The van der Waals surface area contributed by atoms with Crippen LogP contribution < -0.4 is 11.1 Å². The van der Waals surface area contributed by atoms with Crippen LogP contribution in [0.3, 0.4) is 0 Å². The van der Waals surface area contributed by atoms with Gasteiger partial charge in [-0.15, -0.1) is 0 Å². The third-order valence-corrected chi connectivity index (χ3v) is 3.58. The number of rotatable bonds is 6. The predicted molar refractivity (Wildman–Crippen MR) is 79.0 cm³/mol. The molecule has 5 heteroatoms. The molecule has 0 aromatic heterocycles. The van der Waals surface area contributed by atoms with E-state index in [1.165, 1.54) is 6.07 Å². The van der Waals surface area contributed by atoms with Gasteiger partial charge in [-0.3, -0.25) is 4.79 Å². The average Bonchev–Trinajstić information content (AvgIpc) is 2.37. The molecule has 3 N–H and O–H groups in total. The Morgan fingerprint density at radius 3 is 2.83 bits per heavy atom. The number of nitrogens with two attached hydrogens (primary N) is 1. The number of amides is 1. The monoisotopic (exact) mass is 364 g/mol. The van der Waals surface area contributed by atoms with Gasteiger partial charge in [-0.2, -0.15) is 0 Å². The van der Waals surface area contributed by atoms with Crippen molar-refractivity contribution in [2.45, 2.75) is 32.2 Å². The summed E-state index contributed by atoms with van der Waals surface area (Å²) in [7, 11) is 0. The van der Waals surface area contributed by atoms with Crippen molar-refractivity contribution < 1.29 is 9.18 Å². The molecule has 0 saturated carbocycles. The molecule has 0 heterocycles. The number of nitrogens with one attached hydrogen (secondary N) is 1. The van der Waals surface area contributed by atoms with Gasteiger partial charge in [0, 0.05) is 21.7 Å². The standard InChI is InChI=1S/C13H18FIN2O/c1-2-3-4-10(8-16)17-13(18)9-5-6-12(15)11(14)7-9/h5-7,10H,2-4,8,16H2,1H3,(H,17,18). The molecular weight excluding hydrogens is 346 g/mol. The minimum atomic E-state index is -0.374. The lowest BCUT2D eigenvalue weighted by Gasteiger charge is -2.16. The van der Waals surface area contributed by atoms with Gasteiger partial charge in [0.2, 0.25) is 0 Å². The van der Waals surface area contributed by atoms with Crippen molar-refractivity contribution in [1.29, 1.82) is 0 Å². The smallest absolute Gasteiger partial charge is 0.251 e. The van der Waals surface area contributed by atoms with Gasteiger partial charge in [0.05, 0.1) is 0 Å². The lowest BCUT2D eigenvalue weighted by atomic mass is 10.1. The fourth-order valence-corrected chi connectivity index (χ4v) is 1.94. The topological polar surface area (TPSA) is 55.1 Å². The van der Waals surface area contributed by atoms with Crippen LogP contribution in [0.25, 0.3) is 0 Å². The maximum Gasteiger partial charge on any atom is 0.251 e. The molecule has 0 fully saturated rings. The van der Waals surface area contributed by atoms with Gasteiger partial charge >= 0.3 is 0 Å². The molecule has 1 atom stereocenters. The summed E-state index contributed by atoms with van der Waals surface area (Å²) in [5.74, 6) is -0.641. The van der Waals surface area contributed by atoms with Gasteiger partial charge < -0.3 is 11.1 Å². The maximum absolute atomic E-state index is 13.3. The molecule has 1 rings (SSSR count). The van der Waals surface area contributed by atoms with E-state index in [0.29, 0.717) is 15.7 Å². The predicted octanol–water partition coefficient (Wildman–Crippen LogP) is 2.68. The summed E-state index contributed by atoms with van der Waals surface area (Å²) in [5, 5.41) is 2.83. The van der Waals surface area contributed by atoms with E-state index in [1.807, 2.05) is 22.6 Å². The number of carbonyl (C=O) groups excluding carboxylic acids is 1. The van der Waals surface area contributed by atoms with Crippen molar-refractivity contribution in [1.82, 2.24) is 5.32 Å². The second kappa shape index (κ2) is 7.68. The zero-order valence-electron chi connectivity index (χ0n) is 10.4. The molecular formula is C13H18FIN2O. The van der Waals surface area contributed by atoms with E-state index in [4.69, 9.17) is 5.73 Å². The molecule has 0 spiro atoms. The molecule has 100 valence electrons. The Morgan fingerprint density at radius 1 is 1.56 bits per heavy atom. The van der Waals surface area contributed by atoms with Crippen molar-refractivity contribution in [2.75, 3.05) is 6.54 Å². The first kappa shape index (κ1) is 15.4. The molecule has 3 nitrogen and oxygen atoms in total. The van der Waals surface area contributed by atoms with Gasteiger partial charge in [0.1, 0.15) is 5.82 Å². The highest BCUT2D eigenvalue weighted by Crippen LogP contribution is 2.13. The molecule has 0 saturated heterocycles. The van der Waals surface area contributed by atoms with E-state index in [-0.39, 0.29) is 17.8 Å². The van der Waals surface area contributed by atoms with E-state index < -0.39 is 0 Å². The largest absolute Gasteiger partial charge is 0.348 e. The van der Waals surface area contributed by atoms with Gasteiger partial charge in [-0.1, -0.05) is 19.8 Å². The summed E-state index contributed by atoms with van der Waals surface area (Å²) in [6, 6.07) is 4.42. The van der Waals surface area contributed by atoms with Crippen LogP contribution in [0.1, 0.15) is 36.5 Å². The first-order chi connectivity index (χ1) is 8.58. The van der Waals surface area contributed by atoms with Crippen LogP contribution in [0.2, 0.25) is 0 Å². The van der Waals surface area contributed by atoms with Crippen LogP contribution in [0.15, 0.2) is 18.2 Å². The Kier molecular flexibility index (Phi) is 6.56. The van der Waals surface area contributed by atoms with Crippen LogP contribution >= 0.6 is 22.6 Å². The Labute approximate surface area is 120 Å². The van der Waals surface area contributed by atoms with Crippen molar-refractivity contribution in [3.05, 3.63) is 33.1 Å². The first-order valence-electron chi connectivity index (χ1n) is 6.04. The molecule has 0 aliphatic rings. The van der Waals surface area contributed by atoms with E-state index in [9.17, 15) is 9.18 Å². The highest BCUT2D eigenvalue weighted by molar-refractivity contribution is 14.1. The Hall–Kier alpha value is -0.690. The van der Waals surface area contributed by atoms with Crippen molar-refractivity contribution in [2.24, 2.45) is 5.73 Å². The summed E-state index contributed by atoms with van der Waals surface area (Å²) in [5.41, 5.74) is 5.94. The number of carbonyl (C=O) groups is 1. The van der Waals surface area contributed by atoms with Crippen LogP contribution in [0.5, 0.6) is 0 Å². The summed E-state index contributed by atoms with van der Waals surface area (Å²) in [6.45, 7) is 2.49. The number of hydrogen-bond donors (Lipinski definition) is 2. The molecule has 1 unspecified atom stereocenters. The number of halogens is 2. The van der Waals surface area contributed by atoms with Crippen LogP contribution in [0, 0.1) is 9.39 Å². The lowest BCUT2D eigenvalue weighted by molar-refractivity contribution is 0.0935. The molecule has 1 aromatic rings. The van der Waals surface area contributed by atoms with E-state index in [0.717, 1.165) is 19.3 Å². The number of unbranched alkanes of at least 4 members (excludes halogenated alkanes) is 1. The second-order valence-electron chi connectivity index (χ2n) is 4.18. The Balaban J connectivity index is 2.65. The lowest BCUT2D eigenvalue weighted by Crippen LogP contribution is -2.40. The summed E-state index contributed by atoms with van der Waals surface area (Å²) in [6.07, 6.45) is 2.93. The highest BCUT2D eigenvalue weighted by atomic mass is 127. The fourth-order valence-electron chi connectivity index (χ4n) is 1.61. The number of benzene rings is 1. The zero-order chi connectivity index (χ0) is 13.5. The van der Waals surface area contributed by atoms with Crippen LogP contribution in [-0.4, -0.2) is 18.5 Å². The summed E-state index contributed by atoms with van der Waals surface area (Å²) < 4.78 is 13.9. The van der Waals surface area contributed by atoms with Gasteiger partial charge in [0.25, 0.3) is 5.91 Å². The van der Waals surface area contributed by atoms with E-state index in [1.54, 1.807) is 12.1 Å². The third-order valence-electron chi connectivity index (χ3n) is 2.71. The highest BCUT2D eigenvalue weighted by Gasteiger charge is 2.13. The minimum Gasteiger partial charge on any atom is -0.348 e. The first-order valence-corrected chi connectivity index (χ1v) is 7.12.